The molecule has 0 spiro atoms. The van der Waals surface area contributed by atoms with E-state index in [1.165, 1.54) is 6.08 Å². The Morgan fingerprint density at radius 2 is 2.15 bits per heavy atom. The number of ether oxygens (including phenoxy) is 1. The molecule has 0 aromatic carbocycles. The zero-order chi connectivity index (χ0) is 14.8. The van der Waals surface area contributed by atoms with Gasteiger partial charge in [-0.25, -0.2) is 0 Å². The van der Waals surface area contributed by atoms with Crippen molar-refractivity contribution in [3.63, 3.8) is 0 Å². The molecule has 1 heterocycles. The number of rotatable bonds is 8. The molecule has 1 amide bonds. The Bertz CT molecular complexity index is 437. The summed E-state index contributed by atoms with van der Waals surface area (Å²) in [6.45, 7) is 5.09. The number of hydrogen-bond donors (Lipinski definition) is 0. The van der Waals surface area contributed by atoms with E-state index in [2.05, 4.69) is 0 Å². The Balaban J connectivity index is 2.51. The quantitative estimate of drug-likeness (QED) is 0.542. The van der Waals surface area contributed by atoms with E-state index in [9.17, 15) is 9.59 Å². The van der Waals surface area contributed by atoms with Crippen LogP contribution in [0.2, 0.25) is 0 Å². The highest BCUT2D eigenvalue weighted by Gasteiger charge is 2.12. The first kappa shape index (κ1) is 16.0. The Labute approximate surface area is 119 Å². The first-order valence-corrected chi connectivity index (χ1v) is 6.83. The molecule has 0 aliphatic heterocycles. The predicted molar refractivity (Wildman–Crippen MR) is 75.9 cm³/mol. The van der Waals surface area contributed by atoms with Gasteiger partial charge in [0, 0.05) is 19.2 Å². The smallest absolute Gasteiger partial charge is 0.307 e. The molecule has 20 heavy (non-hydrogen) atoms. The maximum absolute atomic E-state index is 12.0. The van der Waals surface area contributed by atoms with Crippen LogP contribution in [-0.4, -0.2) is 36.5 Å². The summed E-state index contributed by atoms with van der Waals surface area (Å²) in [6.07, 6.45) is 5.68. The molecule has 0 radical (unpaired) electrons. The monoisotopic (exact) mass is 279 g/mol. The van der Waals surface area contributed by atoms with Gasteiger partial charge < -0.3 is 14.1 Å². The lowest BCUT2D eigenvalue weighted by atomic mass is 10.3. The van der Waals surface area contributed by atoms with E-state index in [0.717, 1.165) is 6.42 Å². The molecule has 110 valence electrons. The standard InChI is InChI=1S/C15H21NO4/c1-3-10-16(11-9-15(18)19-4-2)14(17)8-7-13-6-5-12-20-13/h5-8,12H,3-4,9-11H2,1-2H3/b8-7+. The second-order valence-corrected chi connectivity index (χ2v) is 4.23. The van der Waals surface area contributed by atoms with Crippen LogP contribution >= 0.6 is 0 Å². The number of nitrogens with zero attached hydrogens (tertiary/aromatic N) is 1. The molecule has 1 aromatic rings. The third-order valence-corrected chi connectivity index (χ3v) is 2.63. The first-order valence-electron chi connectivity index (χ1n) is 6.83. The molecular weight excluding hydrogens is 258 g/mol. The zero-order valence-corrected chi connectivity index (χ0v) is 12.0. The summed E-state index contributed by atoms with van der Waals surface area (Å²) in [4.78, 5) is 25.0. The van der Waals surface area contributed by atoms with Gasteiger partial charge in [0.05, 0.1) is 19.3 Å². The van der Waals surface area contributed by atoms with Gasteiger partial charge in [-0.1, -0.05) is 6.92 Å². The summed E-state index contributed by atoms with van der Waals surface area (Å²) in [7, 11) is 0. The summed E-state index contributed by atoms with van der Waals surface area (Å²) in [5, 5.41) is 0. The normalized spacial score (nSPS) is 10.7. The molecular formula is C15H21NO4. The van der Waals surface area contributed by atoms with Crippen LogP contribution in [0.3, 0.4) is 0 Å². The lowest BCUT2D eigenvalue weighted by molar-refractivity contribution is -0.143. The van der Waals surface area contributed by atoms with Crippen LogP contribution in [0.4, 0.5) is 0 Å². The van der Waals surface area contributed by atoms with E-state index >= 15 is 0 Å². The van der Waals surface area contributed by atoms with E-state index in [0.29, 0.717) is 25.5 Å². The van der Waals surface area contributed by atoms with Crippen molar-refractivity contribution in [1.29, 1.82) is 0 Å². The summed E-state index contributed by atoms with van der Waals surface area (Å²) in [5.74, 6) is 0.212. The molecule has 1 rings (SSSR count). The maximum Gasteiger partial charge on any atom is 0.307 e. The number of esters is 1. The Morgan fingerprint density at radius 1 is 1.35 bits per heavy atom. The van der Waals surface area contributed by atoms with Gasteiger partial charge in [0.15, 0.2) is 0 Å². The van der Waals surface area contributed by atoms with Gasteiger partial charge in [-0.2, -0.15) is 0 Å². The van der Waals surface area contributed by atoms with Crippen molar-refractivity contribution >= 4 is 18.0 Å². The molecule has 0 saturated carbocycles. The topological polar surface area (TPSA) is 59.8 Å². The largest absolute Gasteiger partial charge is 0.466 e. The summed E-state index contributed by atoms with van der Waals surface area (Å²) < 4.78 is 9.98. The van der Waals surface area contributed by atoms with Gasteiger partial charge >= 0.3 is 5.97 Å². The van der Waals surface area contributed by atoms with E-state index < -0.39 is 0 Å². The third-order valence-electron chi connectivity index (χ3n) is 2.63. The van der Waals surface area contributed by atoms with Crippen LogP contribution in [0.5, 0.6) is 0 Å². The summed E-state index contributed by atoms with van der Waals surface area (Å²) in [6, 6.07) is 3.53. The van der Waals surface area contributed by atoms with Gasteiger partial charge in [-0.15, -0.1) is 0 Å². The lowest BCUT2D eigenvalue weighted by Gasteiger charge is -2.19. The zero-order valence-electron chi connectivity index (χ0n) is 12.0. The van der Waals surface area contributed by atoms with Crippen molar-refractivity contribution in [3.05, 3.63) is 30.2 Å². The van der Waals surface area contributed by atoms with E-state index in [4.69, 9.17) is 9.15 Å². The molecule has 0 unspecified atom stereocenters. The van der Waals surface area contributed by atoms with Crippen LogP contribution in [-0.2, 0) is 14.3 Å². The minimum atomic E-state index is -0.281. The minimum Gasteiger partial charge on any atom is -0.466 e. The SMILES string of the molecule is CCCN(CCC(=O)OCC)C(=O)/C=C/c1ccco1. The maximum atomic E-state index is 12.0. The number of carbonyl (C=O) groups is 2. The highest BCUT2D eigenvalue weighted by molar-refractivity contribution is 5.91. The van der Waals surface area contributed by atoms with Crippen molar-refractivity contribution in [2.24, 2.45) is 0 Å². The van der Waals surface area contributed by atoms with Crippen molar-refractivity contribution in [2.75, 3.05) is 19.7 Å². The van der Waals surface area contributed by atoms with Gasteiger partial charge in [0.1, 0.15) is 5.76 Å². The summed E-state index contributed by atoms with van der Waals surface area (Å²) in [5.41, 5.74) is 0. The molecule has 0 fully saturated rings. The molecule has 5 nitrogen and oxygen atoms in total. The average molecular weight is 279 g/mol. The molecule has 0 N–H and O–H groups in total. The van der Waals surface area contributed by atoms with Crippen LogP contribution in [0.25, 0.3) is 6.08 Å². The molecule has 0 bridgehead atoms. The third kappa shape index (κ3) is 5.73. The van der Waals surface area contributed by atoms with E-state index in [1.54, 1.807) is 36.3 Å². The number of furan rings is 1. The predicted octanol–water partition coefficient (Wildman–Crippen LogP) is 2.48. The second kappa shape index (κ2) is 8.96. The van der Waals surface area contributed by atoms with Gasteiger partial charge in [-0.05, 0) is 31.6 Å². The van der Waals surface area contributed by atoms with E-state index in [-0.39, 0.29) is 18.3 Å². The molecule has 0 atom stereocenters. The minimum absolute atomic E-state index is 0.132. The van der Waals surface area contributed by atoms with Crippen LogP contribution in [0.1, 0.15) is 32.4 Å². The number of hydrogen-bond acceptors (Lipinski definition) is 4. The van der Waals surface area contributed by atoms with Gasteiger partial charge in [0.25, 0.3) is 0 Å². The highest BCUT2D eigenvalue weighted by Crippen LogP contribution is 2.04. The van der Waals surface area contributed by atoms with Crippen molar-refractivity contribution < 1.29 is 18.7 Å². The fourth-order valence-electron chi connectivity index (χ4n) is 1.71. The molecule has 0 aliphatic rings. The summed E-state index contributed by atoms with van der Waals surface area (Å²) >= 11 is 0. The first-order chi connectivity index (χ1) is 9.67. The van der Waals surface area contributed by atoms with E-state index in [1.807, 2.05) is 6.92 Å². The van der Waals surface area contributed by atoms with Crippen molar-refractivity contribution in [1.82, 2.24) is 4.90 Å². The fourth-order valence-corrected chi connectivity index (χ4v) is 1.71. The molecule has 5 heteroatoms. The number of amides is 1. The Hall–Kier alpha value is -2.04. The van der Waals surface area contributed by atoms with Crippen LogP contribution in [0.15, 0.2) is 28.9 Å². The van der Waals surface area contributed by atoms with Crippen LogP contribution < -0.4 is 0 Å². The second-order valence-electron chi connectivity index (χ2n) is 4.23. The average Bonchev–Trinajstić information content (AvgIpc) is 2.94. The fraction of sp³-hybridized carbons (Fsp3) is 0.467. The highest BCUT2D eigenvalue weighted by atomic mass is 16.5. The Morgan fingerprint density at radius 3 is 2.75 bits per heavy atom. The lowest BCUT2D eigenvalue weighted by Crippen LogP contribution is -2.32. The van der Waals surface area contributed by atoms with Gasteiger partial charge in [0.2, 0.25) is 5.91 Å². The molecule has 0 aliphatic carbocycles. The Kier molecular flexibility index (Phi) is 7.17. The molecule has 1 aromatic heterocycles. The molecule has 0 saturated heterocycles. The van der Waals surface area contributed by atoms with Crippen molar-refractivity contribution in [2.45, 2.75) is 26.7 Å². The van der Waals surface area contributed by atoms with Gasteiger partial charge in [-0.3, -0.25) is 9.59 Å². The number of carbonyl (C=O) groups excluding carboxylic acids is 2. The van der Waals surface area contributed by atoms with Crippen LogP contribution in [0, 0.1) is 0 Å². The van der Waals surface area contributed by atoms with Crippen molar-refractivity contribution in [3.8, 4) is 0 Å².